The SMILES string of the molecule is C=N/C=C(\C=C(/C)N1CCCC(CNS(C)(=O)=O)C1)c1cnc2ccc(C(F)F)nn12. The summed E-state index contributed by atoms with van der Waals surface area (Å²) >= 11 is 0. The maximum Gasteiger partial charge on any atom is 0.282 e. The van der Waals surface area contributed by atoms with E-state index in [1.807, 2.05) is 13.0 Å². The van der Waals surface area contributed by atoms with Crippen LogP contribution in [0.3, 0.4) is 0 Å². The lowest BCUT2D eigenvalue weighted by molar-refractivity contribution is 0.144. The van der Waals surface area contributed by atoms with E-state index in [0.29, 0.717) is 30.0 Å². The molecule has 0 saturated carbocycles. The Kier molecular flexibility index (Phi) is 7.16. The van der Waals surface area contributed by atoms with Crippen LogP contribution in [0.15, 0.2) is 41.3 Å². The topological polar surface area (TPSA) is 92.0 Å². The molecule has 1 atom stereocenters. The van der Waals surface area contributed by atoms with Gasteiger partial charge in [-0.15, -0.1) is 0 Å². The van der Waals surface area contributed by atoms with Crippen LogP contribution in [0, 0.1) is 5.92 Å². The highest BCUT2D eigenvalue weighted by atomic mass is 32.2. The molecule has 1 aliphatic rings. The number of nitrogens with one attached hydrogen (secondary N) is 1. The van der Waals surface area contributed by atoms with Crippen LogP contribution in [0.2, 0.25) is 0 Å². The fourth-order valence-electron chi connectivity index (χ4n) is 3.61. The molecule has 0 aromatic carbocycles. The first kappa shape index (κ1) is 23.0. The number of allylic oxidation sites excluding steroid dienone is 3. The zero-order chi connectivity index (χ0) is 22.6. The summed E-state index contributed by atoms with van der Waals surface area (Å²) in [6.45, 7) is 7.41. The Bertz CT molecular complexity index is 1110. The molecule has 0 spiro atoms. The third-order valence-electron chi connectivity index (χ3n) is 5.15. The van der Waals surface area contributed by atoms with E-state index in [-0.39, 0.29) is 11.6 Å². The number of rotatable bonds is 8. The zero-order valence-corrected chi connectivity index (χ0v) is 18.3. The first-order valence-corrected chi connectivity index (χ1v) is 11.7. The number of alkyl halides is 2. The van der Waals surface area contributed by atoms with E-state index in [2.05, 4.69) is 31.4 Å². The fourth-order valence-corrected chi connectivity index (χ4v) is 4.15. The van der Waals surface area contributed by atoms with Gasteiger partial charge in [-0.2, -0.15) is 5.10 Å². The molecule has 1 unspecified atom stereocenters. The van der Waals surface area contributed by atoms with Gasteiger partial charge in [0.2, 0.25) is 10.0 Å². The van der Waals surface area contributed by atoms with Gasteiger partial charge in [0.15, 0.2) is 5.65 Å². The Hall–Kier alpha value is -2.66. The van der Waals surface area contributed by atoms with Gasteiger partial charge >= 0.3 is 0 Å². The third kappa shape index (κ3) is 5.95. The predicted octanol–water partition coefficient (Wildman–Crippen LogP) is 2.87. The molecule has 0 amide bonds. The van der Waals surface area contributed by atoms with E-state index in [9.17, 15) is 17.2 Å². The van der Waals surface area contributed by atoms with Crippen LogP contribution in [0.4, 0.5) is 8.78 Å². The minimum atomic E-state index is -3.23. The van der Waals surface area contributed by atoms with Crippen molar-refractivity contribution in [3.05, 3.63) is 47.7 Å². The quantitative estimate of drug-likeness (QED) is 0.491. The summed E-state index contributed by atoms with van der Waals surface area (Å²) < 4.78 is 52.9. The molecule has 0 bridgehead atoms. The molecule has 0 radical (unpaired) electrons. The van der Waals surface area contributed by atoms with Crippen molar-refractivity contribution in [2.45, 2.75) is 26.2 Å². The number of hydrogen-bond acceptors (Lipinski definition) is 6. The van der Waals surface area contributed by atoms with Gasteiger partial charge in [0, 0.05) is 37.1 Å². The summed E-state index contributed by atoms with van der Waals surface area (Å²) in [5.74, 6) is 0.197. The second-order valence-corrected chi connectivity index (χ2v) is 9.43. The first-order chi connectivity index (χ1) is 14.7. The summed E-state index contributed by atoms with van der Waals surface area (Å²) in [7, 11) is -3.23. The number of hydrogen-bond donors (Lipinski definition) is 1. The Morgan fingerprint density at radius 3 is 2.90 bits per heavy atom. The number of sulfonamides is 1. The van der Waals surface area contributed by atoms with E-state index in [1.165, 1.54) is 22.8 Å². The van der Waals surface area contributed by atoms with Gasteiger partial charge in [-0.1, -0.05) is 0 Å². The van der Waals surface area contributed by atoms with Crippen molar-refractivity contribution in [1.82, 2.24) is 24.2 Å². The van der Waals surface area contributed by atoms with Crippen molar-refractivity contribution in [3.8, 4) is 0 Å². The molecule has 1 saturated heterocycles. The second kappa shape index (κ2) is 9.65. The summed E-state index contributed by atoms with van der Waals surface area (Å²) in [6, 6.07) is 2.75. The van der Waals surface area contributed by atoms with Crippen LogP contribution in [-0.2, 0) is 10.0 Å². The molecule has 31 heavy (non-hydrogen) atoms. The Morgan fingerprint density at radius 1 is 1.45 bits per heavy atom. The number of aliphatic imine (C=N–C) groups is 1. The molecule has 1 aliphatic heterocycles. The standard InChI is InChI=1S/C20H26F2N6O2S/c1-14(27-8-4-5-15(13-27)10-25-31(3,29)30)9-16(11-23-2)18-12-24-19-7-6-17(20(21)22)26-28(18)19/h6-7,9,11-12,15,20,25H,2,4-5,8,10,13H2,1,3H3/b14-9+,16-11+. The summed E-state index contributed by atoms with van der Waals surface area (Å²) in [5, 5.41) is 4.01. The van der Waals surface area contributed by atoms with Crippen LogP contribution < -0.4 is 4.72 Å². The highest BCUT2D eigenvalue weighted by molar-refractivity contribution is 7.88. The average molecular weight is 453 g/mol. The lowest BCUT2D eigenvalue weighted by atomic mass is 9.97. The second-order valence-electron chi connectivity index (χ2n) is 7.60. The largest absolute Gasteiger partial charge is 0.375 e. The van der Waals surface area contributed by atoms with Crippen LogP contribution in [0.25, 0.3) is 11.2 Å². The molecule has 2 aromatic rings. The molecule has 168 valence electrons. The van der Waals surface area contributed by atoms with Gasteiger partial charge < -0.3 is 4.90 Å². The molecular weight excluding hydrogens is 426 g/mol. The van der Waals surface area contributed by atoms with E-state index in [0.717, 1.165) is 31.3 Å². The number of halogens is 2. The molecule has 1 N–H and O–H groups in total. The van der Waals surface area contributed by atoms with Crippen LogP contribution >= 0.6 is 0 Å². The average Bonchev–Trinajstić information content (AvgIpc) is 3.14. The van der Waals surface area contributed by atoms with Gasteiger partial charge in [0.25, 0.3) is 6.43 Å². The predicted molar refractivity (Wildman–Crippen MR) is 116 cm³/mol. The maximum atomic E-state index is 13.1. The lowest BCUT2D eigenvalue weighted by Gasteiger charge is -2.35. The van der Waals surface area contributed by atoms with Crippen molar-refractivity contribution in [2.75, 3.05) is 25.9 Å². The van der Waals surface area contributed by atoms with Gasteiger partial charge in [0.1, 0.15) is 5.69 Å². The molecule has 2 aromatic heterocycles. The fraction of sp³-hybridized carbons (Fsp3) is 0.450. The molecule has 1 fully saturated rings. The number of piperidine rings is 1. The summed E-state index contributed by atoms with van der Waals surface area (Å²) in [4.78, 5) is 10.3. The number of likely N-dealkylation sites (tertiary alicyclic amines) is 1. The van der Waals surface area contributed by atoms with Crippen molar-refractivity contribution in [1.29, 1.82) is 0 Å². The Labute approximate surface area is 180 Å². The molecule has 3 heterocycles. The minimum Gasteiger partial charge on any atom is -0.375 e. The van der Waals surface area contributed by atoms with E-state index < -0.39 is 16.4 Å². The Morgan fingerprint density at radius 2 is 2.23 bits per heavy atom. The number of aromatic nitrogens is 3. The van der Waals surface area contributed by atoms with Gasteiger partial charge in [-0.05, 0) is 50.6 Å². The maximum absolute atomic E-state index is 13.1. The van der Waals surface area contributed by atoms with Crippen molar-refractivity contribution < 1.29 is 17.2 Å². The summed E-state index contributed by atoms with van der Waals surface area (Å²) in [6.07, 6.45) is 5.34. The molecular formula is C20H26F2N6O2S. The number of imidazole rings is 1. The van der Waals surface area contributed by atoms with Gasteiger partial charge in [0.05, 0.1) is 18.1 Å². The van der Waals surface area contributed by atoms with Gasteiger partial charge in [-0.25, -0.2) is 31.4 Å². The monoisotopic (exact) mass is 452 g/mol. The Balaban J connectivity index is 1.85. The third-order valence-corrected chi connectivity index (χ3v) is 5.84. The van der Waals surface area contributed by atoms with Crippen molar-refractivity contribution in [2.24, 2.45) is 10.9 Å². The van der Waals surface area contributed by atoms with E-state index in [4.69, 9.17) is 0 Å². The first-order valence-electron chi connectivity index (χ1n) is 9.85. The number of nitrogens with zero attached hydrogens (tertiary/aromatic N) is 5. The van der Waals surface area contributed by atoms with Crippen molar-refractivity contribution >= 4 is 28.0 Å². The van der Waals surface area contributed by atoms with Gasteiger partial charge in [-0.3, -0.25) is 4.99 Å². The van der Waals surface area contributed by atoms with Crippen LogP contribution in [0.1, 0.15) is 37.6 Å². The van der Waals surface area contributed by atoms with Crippen LogP contribution in [-0.4, -0.2) is 60.5 Å². The van der Waals surface area contributed by atoms with E-state index in [1.54, 1.807) is 6.20 Å². The normalized spacial score (nSPS) is 18.7. The summed E-state index contributed by atoms with van der Waals surface area (Å²) in [5.41, 5.74) is 2.21. The van der Waals surface area contributed by atoms with Crippen molar-refractivity contribution in [3.63, 3.8) is 0 Å². The minimum absolute atomic E-state index is 0.197. The molecule has 3 rings (SSSR count). The molecule has 0 aliphatic carbocycles. The number of fused-ring (bicyclic) bond motifs is 1. The zero-order valence-electron chi connectivity index (χ0n) is 17.5. The highest BCUT2D eigenvalue weighted by Gasteiger charge is 2.21. The van der Waals surface area contributed by atoms with Crippen LogP contribution in [0.5, 0.6) is 0 Å². The smallest absolute Gasteiger partial charge is 0.282 e. The molecule has 11 heteroatoms. The van der Waals surface area contributed by atoms with E-state index >= 15 is 0 Å². The molecule has 8 nitrogen and oxygen atoms in total. The lowest BCUT2D eigenvalue weighted by Crippen LogP contribution is -2.39. The highest BCUT2D eigenvalue weighted by Crippen LogP contribution is 2.25.